The first-order valence-corrected chi connectivity index (χ1v) is 5.01. The quantitative estimate of drug-likeness (QED) is 0.833. The van der Waals surface area contributed by atoms with Gasteiger partial charge in [-0.25, -0.2) is 9.97 Å². The molecule has 0 aromatic carbocycles. The first kappa shape index (κ1) is 8.10. The number of thiazole rings is 1. The summed E-state index contributed by atoms with van der Waals surface area (Å²) in [7, 11) is 0. The normalized spacial score (nSPS) is 10.8. The van der Waals surface area contributed by atoms with E-state index < -0.39 is 0 Å². The van der Waals surface area contributed by atoms with Gasteiger partial charge in [-0.3, -0.25) is 0 Å². The Balaban J connectivity index is 2.67. The van der Waals surface area contributed by atoms with Crippen molar-refractivity contribution in [3.63, 3.8) is 0 Å². The summed E-state index contributed by atoms with van der Waals surface area (Å²) < 4.78 is 0.948. The van der Waals surface area contributed by atoms with Crippen LogP contribution in [0.25, 0.3) is 10.3 Å². The summed E-state index contributed by atoms with van der Waals surface area (Å²) in [5, 5.41) is 0.926. The second-order valence-corrected chi connectivity index (χ2v) is 4.27. The highest BCUT2D eigenvalue weighted by molar-refractivity contribution is 9.10. The predicted octanol–water partition coefficient (Wildman–Crippen LogP) is 1.91. The lowest BCUT2D eigenvalue weighted by molar-refractivity contribution is 1.05. The number of aromatic nitrogens is 2. The van der Waals surface area contributed by atoms with Crippen LogP contribution in [0.3, 0.4) is 0 Å². The van der Waals surface area contributed by atoms with Gasteiger partial charge < -0.3 is 5.73 Å². The van der Waals surface area contributed by atoms with Gasteiger partial charge >= 0.3 is 0 Å². The summed E-state index contributed by atoms with van der Waals surface area (Å²) in [5.74, 6) is 0. The molecule has 0 fully saturated rings. The number of hydrogen-bond donors (Lipinski definition) is 1. The Kier molecular flexibility index (Phi) is 2.08. The SMILES string of the molecule is NCc1nc2cc(Br)cnc2s1. The molecular weight excluding hydrogens is 238 g/mol. The van der Waals surface area contributed by atoms with Crippen molar-refractivity contribution in [1.29, 1.82) is 0 Å². The molecule has 0 aliphatic rings. The van der Waals surface area contributed by atoms with Crippen LogP contribution in [0.1, 0.15) is 5.01 Å². The molecule has 0 bridgehead atoms. The van der Waals surface area contributed by atoms with Gasteiger partial charge in [-0.15, -0.1) is 0 Å². The molecule has 0 spiro atoms. The Bertz CT molecular complexity index is 412. The highest BCUT2D eigenvalue weighted by Crippen LogP contribution is 2.22. The van der Waals surface area contributed by atoms with Gasteiger partial charge in [0, 0.05) is 17.2 Å². The molecule has 2 heterocycles. The Morgan fingerprint density at radius 1 is 1.58 bits per heavy atom. The van der Waals surface area contributed by atoms with Crippen molar-refractivity contribution in [2.75, 3.05) is 0 Å². The molecule has 0 radical (unpaired) electrons. The molecule has 0 amide bonds. The fraction of sp³-hybridized carbons (Fsp3) is 0.143. The highest BCUT2D eigenvalue weighted by Gasteiger charge is 2.02. The van der Waals surface area contributed by atoms with Crippen LogP contribution in [0.4, 0.5) is 0 Å². The summed E-state index contributed by atoms with van der Waals surface area (Å²) >= 11 is 4.87. The number of nitrogens with two attached hydrogens (primary N) is 1. The molecule has 0 aliphatic carbocycles. The molecule has 2 rings (SSSR count). The van der Waals surface area contributed by atoms with Gasteiger partial charge in [0.1, 0.15) is 15.4 Å². The first-order valence-electron chi connectivity index (χ1n) is 3.40. The van der Waals surface area contributed by atoms with Gasteiger partial charge in [-0.05, 0) is 22.0 Å². The van der Waals surface area contributed by atoms with E-state index in [0.717, 1.165) is 19.8 Å². The molecular formula is C7H6BrN3S. The monoisotopic (exact) mass is 243 g/mol. The van der Waals surface area contributed by atoms with Gasteiger partial charge in [0.2, 0.25) is 0 Å². The summed E-state index contributed by atoms with van der Waals surface area (Å²) in [6.45, 7) is 0.485. The summed E-state index contributed by atoms with van der Waals surface area (Å²) in [5.41, 5.74) is 6.37. The number of pyridine rings is 1. The number of nitrogens with zero attached hydrogens (tertiary/aromatic N) is 2. The molecule has 62 valence electrons. The molecule has 3 nitrogen and oxygen atoms in total. The molecule has 0 unspecified atom stereocenters. The summed E-state index contributed by atoms with van der Waals surface area (Å²) in [6.07, 6.45) is 1.76. The fourth-order valence-corrected chi connectivity index (χ4v) is 2.02. The topological polar surface area (TPSA) is 51.8 Å². The minimum atomic E-state index is 0.485. The third-order valence-corrected chi connectivity index (χ3v) is 2.87. The number of fused-ring (bicyclic) bond motifs is 1. The maximum absolute atomic E-state index is 5.46. The maximum Gasteiger partial charge on any atom is 0.143 e. The van der Waals surface area contributed by atoms with E-state index in [2.05, 4.69) is 25.9 Å². The van der Waals surface area contributed by atoms with Gasteiger partial charge in [0.15, 0.2) is 0 Å². The molecule has 2 N–H and O–H groups in total. The minimum absolute atomic E-state index is 0.485. The highest BCUT2D eigenvalue weighted by atomic mass is 79.9. The predicted molar refractivity (Wildman–Crippen MR) is 53.0 cm³/mol. The van der Waals surface area contributed by atoms with E-state index in [1.807, 2.05) is 6.07 Å². The zero-order valence-corrected chi connectivity index (χ0v) is 8.52. The largest absolute Gasteiger partial charge is 0.325 e. The van der Waals surface area contributed by atoms with Crippen LogP contribution in [-0.2, 0) is 6.54 Å². The van der Waals surface area contributed by atoms with Crippen molar-refractivity contribution in [1.82, 2.24) is 9.97 Å². The lowest BCUT2D eigenvalue weighted by atomic mass is 10.5. The Morgan fingerprint density at radius 2 is 2.42 bits per heavy atom. The zero-order valence-electron chi connectivity index (χ0n) is 6.12. The zero-order chi connectivity index (χ0) is 8.55. The van der Waals surface area contributed by atoms with E-state index in [0.29, 0.717) is 6.54 Å². The second-order valence-electron chi connectivity index (χ2n) is 2.29. The number of hydrogen-bond acceptors (Lipinski definition) is 4. The number of rotatable bonds is 1. The van der Waals surface area contributed by atoms with Crippen LogP contribution >= 0.6 is 27.3 Å². The average Bonchev–Trinajstić information content (AvgIpc) is 2.46. The lowest BCUT2D eigenvalue weighted by Crippen LogP contribution is -1.93. The van der Waals surface area contributed by atoms with Crippen LogP contribution in [0.5, 0.6) is 0 Å². The third kappa shape index (κ3) is 1.35. The van der Waals surface area contributed by atoms with Crippen molar-refractivity contribution in [3.05, 3.63) is 21.7 Å². The molecule has 0 saturated heterocycles. The van der Waals surface area contributed by atoms with Gasteiger partial charge in [0.05, 0.1) is 0 Å². The van der Waals surface area contributed by atoms with Crippen LogP contribution < -0.4 is 5.73 Å². The third-order valence-electron chi connectivity index (χ3n) is 1.43. The summed E-state index contributed by atoms with van der Waals surface area (Å²) in [6, 6.07) is 1.94. The maximum atomic E-state index is 5.46. The Labute approximate surface area is 81.8 Å². The fourth-order valence-electron chi connectivity index (χ4n) is 0.931. The van der Waals surface area contributed by atoms with E-state index in [1.54, 1.807) is 6.20 Å². The van der Waals surface area contributed by atoms with E-state index in [9.17, 15) is 0 Å². The van der Waals surface area contributed by atoms with Crippen molar-refractivity contribution < 1.29 is 0 Å². The Hall–Kier alpha value is -0.520. The van der Waals surface area contributed by atoms with Crippen LogP contribution in [0, 0.1) is 0 Å². The lowest BCUT2D eigenvalue weighted by Gasteiger charge is -1.86. The summed E-state index contributed by atoms with van der Waals surface area (Å²) in [4.78, 5) is 9.44. The van der Waals surface area contributed by atoms with Gasteiger partial charge in [0.25, 0.3) is 0 Å². The molecule has 2 aromatic rings. The average molecular weight is 244 g/mol. The minimum Gasteiger partial charge on any atom is -0.325 e. The smallest absolute Gasteiger partial charge is 0.143 e. The molecule has 5 heteroatoms. The molecule has 0 atom stereocenters. The Morgan fingerprint density at radius 3 is 3.17 bits per heavy atom. The van der Waals surface area contributed by atoms with Crippen molar-refractivity contribution >= 4 is 37.6 Å². The molecule has 2 aromatic heterocycles. The van der Waals surface area contributed by atoms with Crippen molar-refractivity contribution in [2.24, 2.45) is 5.73 Å². The van der Waals surface area contributed by atoms with Crippen LogP contribution in [0.15, 0.2) is 16.7 Å². The second kappa shape index (κ2) is 3.08. The molecule has 0 saturated carbocycles. The van der Waals surface area contributed by atoms with Crippen LogP contribution in [-0.4, -0.2) is 9.97 Å². The van der Waals surface area contributed by atoms with Crippen molar-refractivity contribution in [2.45, 2.75) is 6.54 Å². The van der Waals surface area contributed by atoms with Gasteiger partial charge in [-0.2, -0.15) is 0 Å². The van der Waals surface area contributed by atoms with E-state index in [1.165, 1.54) is 11.3 Å². The van der Waals surface area contributed by atoms with E-state index in [4.69, 9.17) is 5.73 Å². The first-order chi connectivity index (χ1) is 5.79. The molecule has 12 heavy (non-hydrogen) atoms. The van der Waals surface area contributed by atoms with Crippen molar-refractivity contribution in [3.8, 4) is 0 Å². The van der Waals surface area contributed by atoms with E-state index in [-0.39, 0.29) is 0 Å². The standard InChI is InChI=1S/C7H6BrN3S/c8-4-1-5-7(10-3-4)12-6(2-9)11-5/h1,3H,2,9H2. The van der Waals surface area contributed by atoms with Gasteiger partial charge in [-0.1, -0.05) is 11.3 Å². The number of halogens is 1. The van der Waals surface area contributed by atoms with E-state index >= 15 is 0 Å². The molecule has 0 aliphatic heterocycles. The van der Waals surface area contributed by atoms with Crippen LogP contribution in [0.2, 0.25) is 0 Å².